The summed E-state index contributed by atoms with van der Waals surface area (Å²) in [6.07, 6.45) is 8.69. The zero-order chi connectivity index (χ0) is 10.8. The minimum absolute atomic E-state index is 0.0497. The average Bonchev–Trinajstić information content (AvgIpc) is 2.15. The molecule has 0 rings (SSSR count). The van der Waals surface area contributed by atoms with Crippen LogP contribution in [0.1, 0.15) is 52.9 Å². The van der Waals surface area contributed by atoms with Gasteiger partial charge in [0.05, 0.1) is 6.10 Å². The average molecular weight is 198 g/mol. The summed E-state index contributed by atoms with van der Waals surface area (Å²) in [5.74, 6) is -0.206. The molecule has 0 N–H and O–H groups in total. The molecule has 0 aliphatic carbocycles. The predicted molar refractivity (Wildman–Crippen MR) is 59.1 cm³/mol. The van der Waals surface area contributed by atoms with Crippen molar-refractivity contribution < 1.29 is 9.53 Å². The Hall–Kier alpha value is -0.790. The monoisotopic (exact) mass is 198 g/mol. The maximum Gasteiger partial charge on any atom is 0.330 e. The smallest absolute Gasteiger partial charge is 0.330 e. The van der Waals surface area contributed by atoms with Crippen molar-refractivity contribution in [2.75, 3.05) is 0 Å². The second kappa shape index (κ2) is 8.79. The summed E-state index contributed by atoms with van der Waals surface area (Å²) in [6, 6.07) is 0. The first kappa shape index (κ1) is 13.2. The molecule has 1 atom stereocenters. The predicted octanol–water partition coefficient (Wildman–Crippen LogP) is 3.46. The van der Waals surface area contributed by atoms with E-state index >= 15 is 0 Å². The Balaban J connectivity index is 3.59. The molecule has 1 unspecified atom stereocenters. The molecular weight excluding hydrogens is 176 g/mol. The van der Waals surface area contributed by atoms with E-state index in [4.69, 9.17) is 4.74 Å². The minimum Gasteiger partial charge on any atom is -0.460 e. The van der Waals surface area contributed by atoms with E-state index in [2.05, 4.69) is 13.8 Å². The van der Waals surface area contributed by atoms with Crippen molar-refractivity contribution in [3.8, 4) is 0 Å². The molecule has 14 heavy (non-hydrogen) atoms. The fraction of sp³-hybridized carbons (Fsp3) is 0.750. The van der Waals surface area contributed by atoms with Crippen molar-refractivity contribution in [3.05, 3.63) is 12.2 Å². The molecule has 0 bridgehead atoms. The lowest BCUT2D eigenvalue weighted by Crippen LogP contribution is -2.12. The standard InChI is InChI=1S/C12H22O2/c1-4-6-8-10-12(13)14-11(3)9-7-5-2/h8,10-11H,4-7,9H2,1-3H3/b10-8+. The van der Waals surface area contributed by atoms with Crippen molar-refractivity contribution in [1.82, 2.24) is 0 Å². The molecule has 0 saturated heterocycles. The second-order valence-corrected chi connectivity index (χ2v) is 3.58. The van der Waals surface area contributed by atoms with Gasteiger partial charge >= 0.3 is 5.97 Å². The molecule has 0 aliphatic heterocycles. The van der Waals surface area contributed by atoms with Gasteiger partial charge in [0, 0.05) is 6.08 Å². The minimum atomic E-state index is -0.206. The number of unbranched alkanes of at least 4 members (excludes halogenated alkanes) is 2. The molecule has 0 amide bonds. The number of rotatable bonds is 7. The Labute approximate surface area is 87.3 Å². The van der Waals surface area contributed by atoms with E-state index < -0.39 is 0 Å². The fourth-order valence-corrected chi connectivity index (χ4v) is 1.13. The van der Waals surface area contributed by atoms with Crippen LogP contribution in [0.5, 0.6) is 0 Å². The van der Waals surface area contributed by atoms with Crippen LogP contribution in [0.4, 0.5) is 0 Å². The van der Waals surface area contributed by atoms with Crippen molar-refractivity contribution >= 4 is 5.97 Å². The summed E-state index contributed by atoms with van der Waals surface area (Å²) in [7, 11) is 0. The normalized spacial score (nSPS) is 13.1. The lowest BCUT2D eigenvalue weighted by atomic mass is 10.2. The number of hydrogen-bond acceptors (Lipinski definition) is 2. The summed E-state index contributed by atoms with van der Waals surface area (Å²) >= 11 is 0. The Morgan fingerprint density at radius 2 is 2.07 bits per heavy atom. The maximum absolute atomic E-state index is 11.2. The molecule has 0 aliphatic rings. The van der Waals surface area contributed by atoms with Gasteiger partial charge in [-0.25, -0.2) is 4.79 Å². The zero-order valence-corrected chi connectivity index (χ0v) is 9.58. The topological polar surface area (TPSA) is 26.3 Å². The van der Waals surface area contributed by atoms with Crippen molar-refractivity contribution in [2.45, 2.75) is 59.0 Å². The van der Waals surface area contributed by atoms with Crippen LogP contribution in [0, 0.1) is 0 Å². The summed E-state index contributed by atoms with van der Waals surface area (Å²) in [5, 5.41) is 0. The van der Waals surface area contributed by atoms with Gasteiger partial charge in [0.2, 0.25) is 0 Å². The number of carbonyl (C=O) groups excluding carboxylic acids is 1. The van der Waals surface area contributed by atoms with E-state index in [1.54, 1.807) is 0 Å². The lowest BCUT2D eigenvalue weighted by Gasteiger charge is -2.10. The maximum atomic E-state index is 11.2. The third-order valence-electron chi connectivity index (χ3n) is 1.99. The van der Waals surface area contributed by atoms with Gasteiger partial charge in [-0.1, -0.05) is 39.2 Å². The van der Waals surface area contributed by atoms with Crippen LogP contribution in [-0.4, -0.2) is 12.1 Å². The van der Waals surface area contributed by atoms with Crippen molar-refractivity contribution in [2.24, 2.45) is 0 Å². The Morgan fingerprint density at radius 3 is 2.64 bits per heavy atom. The zero-order valence-electron chi connectivity index (χ0n) is 9.58. The van der Waals surface area contributed by atoms with E-state index in [0.717, 1.165) is 32.1 Å². The molecule has 0 aromatic carbocycles. The third kappa shape index (κ3) is 7.84. The molecule has 0 saturated carbocycles. The van der Waals surface area contributed by atoms with Crippen LogP contribution in [0.25, 0.3) is 0 Å². The molecule has 0 fully saturated rings. The second-order valence-electron chi connectivity index (χ2n) is 3.58. The highest BCUT2D eigenvalue weighted by molar-refractivity contribution is 5.81. The van der Waals surface area contributed by atoms with E-state index in [-0.39, 0.29) is 12.1 Å². The highest BCUT2D eigenvalue weighted by Crippen LogP contribution is 2.04. The Bertz CT molecular complexity index is 173. The number of allylic oxidation sites excluding steroid dienone is 1. The summed E-state index contributed by atoms with van der Waals surface area (Å²) < 4.78 is 5.17. The molecular formula is C12H22O2. The largest absolute Gasteiger partial charge is 0.460 e. The molecule has 0 spiro atoms. The Kier molecular flexibility index (Phi) is 8.30. The molecule has 0 heterocycles. The molecule has 2 nitrogen and oxygen atoms in total. The molecule has 0 radical (unpaired) electrons. The van der Waals surface area contributed by atoms with E-state index in [1.807, 2.05) is 13.0 Å². The van der Waals surface area contributed by atoms with Gasteiger partial charge in [0.1, 0.15) is 0 Å². The SMILES string of the molecule is CCC/C=C/C(=O)OC(C)CCCC. The van der Waals surface area contributed by atoms with E-state index in [0.29, 0.717) is 0 Å². The molecule has 2 heteroatoms. The number of ether oxygens (including phenoxy) is 1. The molecule has 0 aromatic heterocycles. The van der Waals surface area contributed by atoms with Gasteiger partial charge < -0.3 is 4.74 Å². The van der Waals surface area contributed by atoms with E-state index in [1.165, 1.54) is 6.08 Å². The van der Waals surface area contributed by atoms with Gasteiger partial charge in [-0.2, -0.15) is 0 Å². The van der Waals surface area contributed by atoms with Crippen LogP contribution < -0.4 is 0 Å². The van der Waals surface area contributed by atoms with Crippen molar-refractivity contribution in [1.29, 1.82) is 0 Å². The van der Waals surface area contributed by atoms with Crippen LogP contribution in [0.2, 0.25) is 0 Å². The first-order valence-electron chi connectivity index (χ1n) is 5.57. The highest BCUT2D eigenvalue weighted by atomic mass is 16.5. The first-order valence-corrected chi connectivity index (χ1v) is 5.57. The lowest BCUT2D eigenvalue weighted by molar-refractivity contribution is -0.142. The van der Waals surface area contributed by atoms with Gasteiger partial charge in [-0.3, -0.25) is 0 Å². The fourth-order valence-electron chi connectivity index (χ4n) is 1.13. The first-order chi connectivity index (χ1) is 6.70. The number of hydrogen-bond donors (Lipinski definition) is 0. The van der Waals surface area contributed by atoms with Crippen LogP contribution in [0.3, 0.4) is 0 Å². The number of esters is 1. The highest BCUT2D eigenvalue weighted by Gasteiger charge is 2.05. The summed E-state index contributed by atoms with van der Waals surface area (Å²) in [5.41, 5.74) is 0. The van der Waals surface area contributed by atoms with Crippen LogP contribution >= 0.6 is 0 Å². The van der Waals surface area contributed by atoms with Crippen LogP contribution in [-0.2, 0) is 9.53 Å². The van der Waals surface area contributed by atoms with Gasteiger partial charge in [-0.05, 0) is 19.8 Å². The Morgan fingerprint density at radius 1 is 1.36 bits per heavy atom. The van der Waals surface area contributed by atoms with Gasteiger partial charge in [-0.15, -0.1) is 0 Å². The quantitative estimate of drug-likeness (QED) is 0.462. The number of carbonyl (C=O) groups is 1. The van der Waals surface area contributed by atoms with Gasteiger partial charge in [0.25, 0.3) is 0 Å². The molecule has 0 aromatic rings. The van der Waals surface area contributed by atoms with Crippen molar-refractivity contribution in [3.63, 3.8) is 0 Å². The summed E-state index contributed by atoms with van der Waals surface area (Å²) in [4.78, 5) is 11.2. The summed E-state index contributed by atoms with van der Waals surface area (Å²) in [6.45, 7) is 6.16. The molecule has 82 valence electrons. The van der Waals surface area contributed by atoms with Gasteiger partial charge in [0.15, 0.2) is 0 Å². The van der Waals surface area contributed by atoms with E-state index in [9.17, 15) is 4.79 Å². The van der Waals surface area contributed by atoms with Crippen LogP contribution in [0.15, 0.2) is 12.2 Å². The third-order valence-corrected chi connectivity index (χ3v) is 1.99.